The lowest BCUT2D eigenvalue weighted by Crippen LogP contribution is -2.37. The third-order valence-electron chi connectivity index (χ3n) is 2.51. The summed E-state index contributed by atoms with van der Waals surface area (Å²) in [5.41, 5.74) is 6.24. The molecule has 18 heavy (non-hydrogen) atoms. The minimum Gasteiger partial charge on any atom is -0.480 e. The van der Waals surface area contributed by atoms with Crippen LogP contribution in [-0.2, 0) is 9.59 Å². The van der Waals surface area contributed by atoms with Crippen molar-refractivity contribution in [2.45, 2.75) is 26.3 Å². The molecule has 8 nitrogen and oxygen atoms in total. The molecule has 0 radical (unpaired) electrons. The first-order valence-electron chi connectivity index (χ1n) is 5.15. The molecule has 1 rings (SSSR count). The summed E-state index contributed by atoms with van der Waals surface area (Å²) in [5, 5.41) is 14.8. The lowest BCUT2D eigenvalue weighted by molar-refractivity contribution is -0.143. The van der Waals surface area contributed by atoms with E-state index in [9.17, 15) is 14.4 Å². The molecular formula is C10H14N4O4. The second kappa shape index (κ2) is 5.30. The van der Waals surface area contributed by atoms with Gasteiger partial charge in [0.1, 0.15) is 0 Å². The fourth-order valence-corrected chi connectivity index (χ4v) is 1.47. The van der Waals surface area contributed by atoms with Gasteiger partial charge in [-0.05, 0) is 19.4 Å². The van der Waals surface area contributed by atoms with E-state index in [-0.39, 0.29) is 0 Å². The summed E-state index contributed by atoms with van der Waals surface area (Å²) in [5.74, 6) is -1.97. The Balaban J connectivity index is 2.91. The van der Waals surface area contributed by atoms with Crippen molar-refractivity contribution in [3.05, 3.63) is 17.5 Å². The molecule has 98 valence electrons. The molecule has 3 amide bonds. The van der Waals surface area contributed by atoms with Gasteiger partial charge in [-0.15, -0.1) is 0 Å². The lowest BCUT2D eigenvalue weighted by atomic mass is 10.2. The Morgan fingerprint density at radius 3 is 2.50 bits per heavy atom. The third-order valence-corrected chi connectivity index (χ3v) is 2.51. The van der Waals surface area contributed by atoms with E-state index >= 15 is 0 Å². The molecule has 0 saturated carbocycles. The Kier molecular flexibility index (Phi) is 4.03. The summed E-state index contributed by atoms with van der Waals surface area (Å²) in [6, 6.07) is -2.18. The average molecular weight is 254 g/mol. The Bertz CT molecular complexity index is 494. The van der Waals surface area contributed by atoms with Gasteiger partial charge in [0, 0.05) is 5.69 Å². The molecule has 1 heterocycles. The van der Waals surface area contributed by atoms with E-state index in [1.807, 2.05) is 5.32 Å². The molecule has 1 aromatic heterocycles. The highest BCUT2D eigenvalue weighted by atomic mass is 16.4. The maximum absolute atomic E-state index is 11.3. The number of primary amides is 1. The molecular weight excluding hydrogens is 240 g/mol. The van der Waals surface area contributed by atoms with Gasteiger partial charge < -0.3 is 10.8 Å². The Morgan fingerprint density at radius 1 is 1.50 bits per heavy atom. The highest BCUT2D eigenvalue weighted by molar-refractivity contribution is 5.95. The number of carbonyl (C=O) groups excluding carboxylic acids is 2. The number of aryl methyl sites for hydroxylation is 1. The van der Waals surface area contributed by atoms with Crippen LogP contribution in [0.1, 0.15) is 23.7 Å². The first-order valence-corrected chi connectivity index (χ1v) is 5.15. The number of nitrogens with zero attached hydrogens (tertiary/aromatic N) is 2. The number of rotatable bonds is 4. The number of amides is 3. The molecule has 0 fully saturated rings. The number of carboxylic acid groups (broad SMARTS) is 1. The van der Waals surface area contributed by atoms with Crippen LogP contribution in [-0.4, -0.2) is 32.8 Å². The first kappa shape index (κ1) is 13.7. The number of carboxylic acids is 1. The van der Waals surface area contributed by atoms with Gasteiger partial charge in [-0.1, -0.05) is 0 Å². The van der Waals surface area contributed by atoms with Crippen LogP contribution in [0.5, 0.6) is 0 Å². The highest BCUT2D eigenvalue weighted by Gasteiger charge is 2.26. The molecule has 0 aliphatic carbocycles. The van der Waals surface area contributed by atoms with Gasteiger partial charge in [0.25, 0.3) is 0 Å². The molecule has 0 aliphatic rings. The maximum atomic E-state index is 11.3. The minimum atomic E-state index is -1.21. The fourth-order valence-electron chi connectivity index (χ4n) is 1.47. The monoisotopic (exact) mass is 254 g/mol. The Hall–Kier alpha value is -2.38. The summed E-state index contributed by atoms with van der Waals surface area (Å²) < 4.78 is 1.23. The quantitative estimate of drug-likeness (QED) is 0.680. The number of nitrogens with two attached hydrogens (primary N) is 1. The maximum Gasteiger partial charge on any atom is 0.329 e. The number of imide groups is 1. The smallest absolute Gasteiger partial charge is 0.329 e. The van der Waals surface area contributed by atoms with Crippen LogP contribution in [0.2, 0.25) is 0 Å². The first-order chi connectivity index (χ1) is 8.32. The van der Waals surface area contributed by atoms with Crippen LogP contribution in [0.15, 0.2) is 6.20 Å². The van der Waals surface area contributed by atoms with Gasteiger partial charge in [-0.2, -0.15) is 5.10 Å². The van der Waals surface area contributed by atoms with Crippen LogP contribution < -0.4 is 11.1 Å². The van der Waals surface area contributed by atoms with Crippen molar-refractivity contribution in [2.75, 3.05) is 0 Å². The molecule has 8 heteroatoms. The topological polar surface area (TPSA) is 127 Å². The standard InChI is InChI=1S/C10H14N4O4/c1-5-4-12-14(6(5)2)7(9(16)17)3-8(15)13-10(11)18/h4,7H,3H2,1-2H3,(H,16,17)(H3,11,13,15,18). The van der Waals surface area contributed by atoms with Crippen LogP contribution in [0.25, 0.3) is 0 Å². The number of aliphatic carboxylic acids is 1. The van der Waals surface area contributed by atoms with Crippen molar-refractivity contribution in [2.24, 2.45) is 5.73 Å². The van der Waals surface area contributed by atoms with Gasteiger partial charge >= 0.3 is 12.0 Å². The largest absolute Gasteiger partial charge is 0.480 e. The Labute approximate surface area is 103 Å². The summed E-state index contributed by atoms with van der Waals surface area (Å²) in [4.78, 5) is 33.0. The minimum absolute atomic E-state index is 0.416. The average Bonchev–Trinajstić information content (AvgIpc) is 2.55. The normalized spacial score (nSPS) is 11.9. The van der Waals surface area contributed by atoms with Crippen LogP contribution >= 0.6 is 0 Å². The highest BCUT2D eigenvalue weighted by Crippen LogP contribution is 2.16. The number of nitrogens with one attached hydrogen (secondary N) is 1. The summed E-state index contributed by atoms with van der Waals surface area (Å²) >= 11 is 0. The van der Waals surface area contributed by atoms with Gasteiger partial charge in [0.15, 0.2) is 6.04 Å². The van der Waals surface area contributed by atoms with E-state index in [2.05, 4.69) is 5.10 Å². The number of hydrogen-bond acceptors (Lipinski definition) is 4. The predicted octanol–water partition coefficient (Wildman–Crippen LogP) is -0.289. The second-order valence-corrected chi connectivity index (χ2v) is 3.83. The Morgan fingerprint density at radius 2 is 2.11 bits per heavy atom. The van der Waals surface area contributed by atoms with E-state index in [4.69, 9.17) is 10.8 Å². The van der Waals surface area contributed by atoms with E-state index in [1.165, 1.54) is 10.9 Å². The molecule has 0 bridgehead atoms. The lowest BCUT2D eigenvalue weighted by Gasteiger charge is -2.14. The van der Waals surface area contributed by atoms with Crippen molar-refractivity contribution < 1.29 is 19.5 Å². The van der Waals surface area contributed by atoms with Crippen LogP contribution in [0, 0.1) is 13.8 Å². The molecule has 1 aromatic rings. The molecule has 0 saturated heterocycles. The summed E-state index contributed by atoms with van der Waals surface area (Å²) in [7, 11) is 0. The molecule has 0 aliphatic heterocycles. The van der Waals surface area contributed by atoms with Gasteiger partial charge in [0.05, 0.1) is 12.6 Å². The van der Waals surface area contributed by atoms with Crippen molar-refractivity contribution in [3.63, 3.8) is 0 Å². The zero-order valence-corrected chi connectivity index (χ0v) is 10.0. The number of hydrogen-bond donors (Lipinski definition) is 3. The van der Waals surface area contributed by atoms with Gasteiger partial charge in [0.2, 0.25) is 5.91 Å². The zero-order chi connectivity index (χ0) is 13.9. The number of urea groups is 1. The number of carbonyl (C=O) groups is 3. The van der Waals surface area contributed by atoms with Crippen molar-refractivity contribution in [1.29, 1.82) is 0 Å². The van der Waals surface area contributed by atoms with Crippen molar-refractivity contribution >= 4 is 17.9 Å². The van der Waals surface area contributed by atoms with E-state index in [1.54, 1.807) is 13.8 Å². The van der Waals surface area contributed by atoms with Crippen molar-refractivity contribution in [1.82, 2.24) is 15.1 Å². The van der Waals surface area contributed by atoms with Crippen molar-refractivity contribution in [3.8, 4) is 0 Å². The number of aromatic nitrogens is 2. The van der Waals surface area contributed by atoms with E-state index in [0.29, 0.717) is 5.69 Å². The summed E-state index contributed by atoms with van der Waals surface area (Å²) in [6.45, 7) is 3.48. The SMILES string of the molecule is Cc1cnn(C(CC(=O)NC(N)=O)C(=O)O)c1C. The zero-order valence-electron chi connectivity index (χ0n) is 10.0. The van der Waals surface area contributed by atoms with Gasteiger partial charge in [-0.3, -0.25) is 14.8 Å². The molecule has 4 N–H and O–H groups in total. The summed E-state index contributed by atoms with van der Waals surface area (Å²) in [6.07, 6.45) is 1.09. The molecule has 0 spiro atoms. The predicted molar refractivity (Wildman–Crippen MR) is 60.7 cm³/mol. The third kappa shape index (κ3) is 3.06. The van der Waals surface area contributed by atoms with Crippen LogP contribution in [0.3, 0.4) is 0 Å². The molecule has 1 unspecified atom stereocenters. The molecule has 1 atom stereocenters. The van der Waals surface area contributed by atoms with Crippen LogP contribution in [0.4, 0.5) is 4.79 Å². The van der Waals surface area contributed by atoms with Gasteiger partial charge in [-0.25, -0.2) is 9.59 Å². The second-order valence-electron chi connectivity index (χ2n) is 3.83. The molecule has 0 aromatic carbocycles. The fraction of sp³-hybridized carbons (Fsp3) is 0.400. The van der Waals surface area contributed by atoms with E-state index in [0.717, 1.165) is 5.56 Å². The van der Waals surface area contributed by atoms with E-state index < -0.39 is 30.4 Å².